The Kier molecular flexibility index (Phi) is 2.80. The first kappa shape index (κ1) is 11.3. The minimum Gasteiger partial charge on any atom is -0.480 e. The van der Waals surface area contributed by atoms with E-state index < -0.39 is 12.0 Å². The molecule has 0 amide bonds. The van der Waals surface area contributed by atoms with E-state index in [-0.39, 0.29) is 0 Å². The highest BCUT2D eigenvalue weighted by atomic mass is 16.4. The summed E-state index contributed by atoms with van der Waals surface area (Å²) in [5.74, 6) is -0.426. The van der Waals surface area contributed by atoms with Crippen LogP contribution in [-0.4, -0.2) is 22.1 Å². The average molecular weight is 244 g/mol. The van der Waals surface area contributed by atoms with Gasteiger partial charge >= 0.3 is 5.97 Å². The normalized spacial score (nSPS) is 16.9. The van der Waals surface area contributed by atoms with Gasteiger partial charge in [-0.05, 0) is 30.4 Å². The SMILES string of the molecule is O=C(O)C(NCc1c[nH]c2ccccc12)C1CC1. The number of nitrogens with one attached hydrogen (secondary N) is 2. The summed E-state index contributed by atoms with van der Waals surface area (Å²) in [4.78, 5) is 14.3. The minimum atomic E-state index is -0.739. The van der Waals surface area contributed by atoms with E-state index in [1.54, 1.807) is 0 Å². The fourth-order valence-corrected chi connectivity index (χ4v) is 2.38. The topological polar surface area (TPSA) is 65.1 Å². The molecule has 0 aliphatic heterocycles. The van der Waals surface area contributed by atoms with Crippen LogP contribution in [-0.2, 0) is 11.3 Å². The second kappa shape index (κ2) is 4.46. The van der Waals surface area contributed by atoms with E-state index in [9.17, 15) is 4.79 Å². The Morgan fingerprint density at radius 1 is 1.44 bits per heavy atom. The smallest absolute Gasteiger partial charge is 0.320 e. The van der Waals surface area contributed by atoms with Gasteiger partial charge in [-0.25, -0.2) is 0 Å². The maximum Gasteiger partial charge on any atom is 0.320 e. The number of para-hydroxylation sites is 1. The Morgan fingerprint density at radius 3 is 2.94 bits per heavy atom. The van der Waals surface area contributed by atoms with Crippen LogP contribution in [0.1, 0.15) is 18.4 Å². The van der Waals surface area contributed by atoms with Gasteiger partial charge in [0.2, 0.25) is 0 Å². The third-order valence-electron chi connectivity index (χ3n) is 3.55. The van der Waals surface area contributed by atoms with Crippen LogP contribution in [0.3, 0.4) is 0 Å². The van der Waals surface area contributed by atoms with Crippen molar-refractivity contribution in [3.05, 3.63) is 36.0 Å². The van der Waals surface area contributed by atoms with E-state index in [1.165, 1.54) is 0 Å². The minimum absolute atomic E-state index is 0.313. The molecule has 2 aromatic rings. The molecule has 94 valence electrons. The molecule has 0 bridgehead atoms. The summed E-state index contributed by atoms with van der Waals surface area (Å²) in [5.41, 5.74) is 2.21. The highest BCUT2D eigenvalue weighted by Crippen LogP contribution is 2.33. The van der Waals surface area contributed by atoms with Gasteiger partial charge in [-0.15, -0.1) is 0 Å². The molecule has 0 radical (unpaired) electrons. The highest BCUT2D eigenvalue weighted by molar-refractivity contribution is 5.83. The molecule has 1 aliphatic carbocycles. The predicted molar refractivity (Wildman–Crippen MR) is 69.3 cm³/mol. The second-order valence-electron chi connectivity index (χ2n) is 4.89. The third kappa shape index (κ3) is 2.11. The Labute approximate surface area is 105 Å². The standard InChI is InChI=1S/C14H16N2O2/c17-14(18)13(9-5-6-9)16-8-10-7-15-12-4-2-1-3-11(10)12/h1-4,7,9,13,15-16H,5-6,8H2,(H,17,18). The molecule has 1 fully saturated rings. The van der Waals surface area contributed by atoms with Crippen LogP contribution in [0.5, 0.6) is 0 Å². The lowest BCUT2D eigenvalue weighted by molar-refractivity contribution is -0.140. The molecule has 1 heterocycles. The summed E-state index contributed by atoms with van der Waals surface area (Å²) in [6.45, 7) is 0.595. The maximum atomic E-state index is 11.1. The van der Waals surface area contributed by atoms with Crippen molar-refractivity contribution >= 4 is 16.9 Å². The Hall–Kier alpha value is -1.81. The van der Waals surface area contributed by atoms with Crippen molar-refractivity contribution in [1.29, 1.82) is 0 Å². The van der Waals surface area contributed by atoms with Crippen molar-refractivity contribution in [2.24, 2.45) is 5.92 Å². The Morgan fingerprint density at radius 2 is 2.22 bits per heavy atom. The zero-order valence-corrected chi connectivity index (χ0v) is 10.0. The van der Waals surface area contributed by atoms with E-state index in [4.69, 9.17) is 5.11 Å². The van der Waals surface area contributed by atoms with E-state index in [1.807, 2.05) is 24.4 Å². The van der Waals surface area contributed by atoms with E-state index in [0.29, 0.717) is 12.5 Å². The van der Waals surface area contributed by atoms with Crippen molar-refractivity contribution in [2.75, 3.05) is 0 Å². The fourth-order valence-electron chi connectivity index (χ4n) is 2.38. The number of carboxylic acids is 1. The van der Waals surface area contributed by atoms with Crippen LogP contribution in [0.4, 0.5) is 0 Å². The van der Waals surface area contributed by atoms with Gasteiger partial charge in [-0.1, -0.05) is 18.2 Å². The second-order valence-corrected chi connectivity index (χ2v) is 4.89. The van der Waals surface area contributed by atoms with Crippen LogP contribution >= 0.6 is 0 Å². The number of hydrogen-bond acceptors (Lipinski definition) is 2. The van der Waals surface area contributed by atoms with Gasteiger partial charge in [0.05, 0.1) is 0 Å². The Balaban J connectivity index is 1.74. The summed E-state index contributed by atoms with van der Waals surface area (Å²) in [7, 11) is 0. The van der Waals surface area contributed by atoms with Crippen molar-refractivity contribution in [1.82, 2.24) is 10.3 Å². The van der Waals surface area contributed by atoms with Gasteiger partial charge in [0.25, 0.3) is 0 Å². The largest absolute Gasteiger partial charge is 0.480 e. The molecule has 3 rings (SSSR count). The summed E-state index contributed by atoms with van der Waals surface area (Å²) >= 11 is 0. The van der Waals surface area contributed by atoms with Crippen LogP contribution in [0.25, 0.3) is 10.9 Å². The number of aliphatic carboxylic acids is 1. The van der Waals surface area contributed by atoms with Gasteiger partial charge in [0.15, 0.2) is 0 Å². The molecule has 1 unspecified atom stereocenters. The fraction of sp³-hybridized carbons (Fsp3) is 0.357. The average Bonchev–Trinajstić information content (AvgIpc) is 3.11. The molecule has 0 saturated heterocycles. The van der Waals surface area contributed by atoms with Crippen molar-refractivity contribution in [3.8, 4) is 0 Å². The summed E-state index contributed by atoms with van der Waals surface area (Å²) < 4.78 is 0. The molecular weight excluding hydrogens is 228 g/mol. The molecular formula is C14H16N2O2. The number of aromatic amines is 1. The zero-order valence-electron chi connectivity index (χ0n) is 10.0. The molecule has 3 N–H and O–H groups in total. The molecule has 18 heavy (non-hydrogen) atoms. The summed E-state index contributed by atoms with van der Waals surface area (Å²) in [6.07, 6.45) is 4.00. The van der Waals surface area contributed by atoms with Gasteiger partial charge in [-0.3, -0.25) is 10.1 Å². The number of fused-ring (bicyclic) bond motifs is 1. The quantitative estimate of drug-likeness (QED) is 0.754. The molecule has 0 spiro atoms. The number of H-pyrrole nitrogens is 1. The molecule has 1 aromatic carbocycles. The van der Waals surface area contributed by atoms with Crippen LogP contribution in [0, 0.1) is 5.92 Å². The Bertz CT molecular complexity index is 572. The van der Waals surface area contributed by atoms with Crippen molar-refractivity contribution < 1.29 is 9.90 Å². The maximum absolute atomic E-state index is 11.1. The van der Waals surface area contributed by atoms with Crippen molar-refractivity contribution in [2.45, 2.75) is 25.4 Å². The van der Waals surface area contributed by atoms with Gasteiger partial charge in [-0.2, -0.15) is 0 Å². The molecule has 1 atom stereocenters. The van der Waals surface area contributed by atoms with Gasteiger partial charge in [0, 0.05) is 23.6 Å². The lowest BCUT2D eigenvalue weighted by Gasteiger charge is -2.12. The number of benzene rings is 1. The monoisotopic (exact) mass is 244 g/mol. The molecule has 1 aliphatic rings. The summed E-state index contributed by atoms with van der Waals surface area (Å²) in [5, 5.41) is 13.5. The number of rotatable bonds is 5. The van der Waals surface area contributed by atoms with E-state index in [0.717, 1.165) is 29.3 Å². The van der Waals surface area contributed by atoms with Gasteiger partial charge < -0.3 is 10.1 Å². The molecule has 4 heteroatoms. The van der Waals surface area contributed by atoms with E-state index in [2.05, 4.69) is 16.4 Å². The first-order valence-electron chi connectivity index (χ1n) is 6.27. The van der Waals surface area contributed by atoms with Crippen LogP contribution < -0.4 is 5.32 Å². The number of carboxylic acid groups (broad SMARTS) is 1. The molecule has 1 aromatic heterocycles. The summed E-state index contributed by atoms with van der Waals surface area (Å²) in [6, 6.07) is 7.65. The number of carbonyl (C=O) groups is 1. The first-order valence-corrected chi connectivity index (χ1v) is 6.27. The highest BCUT2D eigenvalue weighted by Gasteiger charge is 2.35. The first-order chi connectivity index (χ1) is 8.75. The lowest BCUT2D eigenvalue weighted by Crippen LogP contribution is -2.37. The van der Waals surface area contributed by atoms with Gasteiger partial charge in [0.1, 0.15) is 6.04 Å². The van der Waals surface area contributed by atoms with Crippen LogP contribution in [0.2, 0.25) is 0 Å². The van der Waals surface area contributed by atoms with E-state index >= 15 is 0 Å². The molecule has 1 saturated carbocycles. The third-order valence-corrected chi connectivity index (χ3v) is 3.55. The molecule has 4 nitrogen and oxygen atoms in total. The van der Waals surface area contributed by atoms with Crippen LogP contribution in [0.15, 0.2) is 30.5 Å². The van der Waals surface area contributed by atoms with Crippen molar-refractivity contribution in [3.63, 3.8) is 0 Å². The predicted octanol–water partition coefficient (Wildman–Crippen LogP) is 2.12. The number of aromatic nitrogens is 1. The zero-order chi connectivity index (χ0) is 12.5. The lowest BCUT2D eigenvalue weighted by atomic mass is 10.1. The number of hydrogen-bond donors (Lipinski definition) is 3.